The molecule has 1 saturated heterocycles. The largest absolute Gasteiger partial charge is 0.370 e. The van der Waals surface area contributed by atoms with E-state index in [1.807, 2.05) is 12.1 Å². The molecule has 5 rings (SSSR count). The highest BCUT2D eigenvalue weighted by Crippen LogP contribution is 2.57. The summed E-state index contributed by atoms with van der Waals surface area (Å²) in [5.41, 5.74) is 7.22. The van der Waals surface area contributed by atoms with Crippen molar-refractivity contribution in [3.63, 3.8) is 0 Å². The number of rotatable bonds is 4. The number of benzene rings is 2. The molecule has 2 heterocycles. The molecule has 0 radical (unpaired) electrons. The number of aryl methyl sites for hydroxylation is 2. The quantitative estimate of drug-likeness (QED) is 0.591. The Bertz CT molecular complexity index is 1070. The lowest BCUT2D eigenvalue weighted by atomic mass is 9.56. The third-order valence-corrected chi connectivity index (χ3v) is 6.59. The van der Waals surface area contributed by atoms with Gasteiger partial charge in [-0.25, -0.2) is 9.07 Å². The molecule has 0 unspecified atom stereocenters. The van der Waals surface area contributed by atoms with Crippen LogP contribution >= 0.6 is 0 Å². The average Bonchev–Trinajstić information content (AvgIpc) is 3.01. The molecule has 2 aliphatic rings. The van der Waals surface area contributed by atoms with Gasteiger partial charge in [-0.15, -0.1) is 0 Å². The Morgan fingerprint density at radius 2 is 1.76 bits per heavy atom. The second kappa shape index (κ2) is 6.58. The predicted molar refractivity (Wildman–Crippen MR) is 114 cm³/mol. The molecule has 0 atom stereocenters. The van der Waals surface area contributed by atoms with E-state index < -0.39 is 0 Å². The van der Waals surface area contributed by atoms with Crippen molar-refractivity contribution in [2.24, 2.45) is 5.41 Å². The van der Waals surface area contributed by atoms with Crippen molar-refractivity contribution >= 4 is 5.70 Å². The Morgan fingerprint density at radius 3 is 2.45 bits per heavy atom. The molecule has 1 aromatic heterocycles. The highest BCUT2D eigenvalue weighted by Gasteiger charge is 2.53. The fraction of sp³-hybridized carbons (Fsp3) is 0.320. The van der Waals surface area contributed by atoms with Gasteiger partial charge in [0.15, 0.2) is 0 Å². The highest BCUT2D eigenvalue weighted by atomic mass is 19.1. The smallest absolute Gasteiger partial charge is 0.123 e. The maximum absolute atomic E-state index is 13.2. The van der Waals surface area contributed by atoms with Crippen LogP contribution in [0.2, 0.25) is 0 Å². The van der Waals surface area contributed by atoms with Crippen LogP contribution in [0.4, 0.5) is 4.39 Å². The molecule has 0 bridgehead atoms. The van der Waals surface area contributed by atoms with Crippen molar-refractivity contribution in [2.45, 2.75) is 32.6 Å². The van der Waals surface area contributed by atoms with Crippen molar-refractivity contribution in [3.8, 4) is 5.69 Å². The second-order valence-electron chi connectivity index (χ2n) is 8.82. The molecule has 1 aliphatic carbocycles. The van der Waals surface area contributed by atoms with Crippen LogP contribution in [0.1, 0.15) is 41.3 Å². The van der Waals surface area contributed by atoms with Crippen molar-refractivity contribution in [1.29, 1.82) is 0 Å². The van der Waals surface area contributed by atoms with Crippen molar-refractivity contribution in [1.82, 2.24) is 14.7 Å². The van der Waals surface area contributed by atoms with Crippen molar-refractivity contribution in [3.05, 3.63) is 89.5 Å². The van der Waals surface area contributed by atoms with Crippen molar-refractivity contribution < 1.29 is 4.39 Å². The lowest BCUT2D eigenvalue weighted by molar-refractivity contribution is -0.0410. The molecule has 148 valence electrons. The number of para-hydroxylation sites is 1. The van der Waals surface area contributed by atoms with Crippen molar-refractivity contribution in [2.75, 3.05) is 13.1 Å². The summed E-state index contributed by atoms with van der Waals surface area (Å²) >= 11 is 0. The fourth-order valence-corrected chi connectivity index (χ4v) is 5.04. The summed E-state index contributed by atoms with van der Waals surface area (Å²) in [6.07, 6.45) is 2.38. The third kappa shape index (κ3) is 3.07. The van der Waals surface area contributed by atoms with E-state index in [1.54, 1.807) is 0 Å². The van der Waals surface area contributed by atoms with Gasteiger partial charge in [0.25, 0.3) is 0 Å². The minimum absolute atomic E-state index is 0.205. The first kappa shape index (κ1) is 18.2. The summed E-state index contributed by atoms with van der Waals surface area (Å²) in [5, 5.41) is 4.79. The average molecular weight is 388 g/mol. The summed E-state index contributed by atoms with van der Waals surface area (Å²) in [7, 11) is 0. The normalized spacial score (nSPS) is 17.8. The number of hydrogen-bond donors (Lipinski definition) is 0. The fourth-order valence-electron chi connectivity index (χ4n) is 5.04. The van der Waals surface area contributed by atoms with Crippen LogP contribution in [0.25, 0.3) is 11.4 Å². The van der Waals surface area contributed by atoms with Gasteiger partial charge in [-0.05, 0) is 62.1 Å². The van der Waals surface area contributed by atoms with Crippen LogP contribution in [-0.2, 0) is 0 Å². The summed E-state index contributed by atoms with van der Waals surface area (Å²) < 4.78 is 15.3. The number of hydrogen-bond acceptors (Lipinski definition) is 2. The third-order valence-electron chi connectivity index (χ3n) is 6.59. The topological polar surface area (TPSA) is 21.1 Å². The zero-order chi connectivity index (χ0) is 20.2. The Balaban J connectivity index is 1.28. The standard InChI is InChI=1S/C25H26FN3/c1-17-6-4-5-7-23(17)29-24(12-18(2)27-29)21-13-25(14-21)15-28(16-25)19(3)20-8-10-22(26)11-9-20/h4-12,21H,3,13-16H2,1-2H3. The van der Waals surface area contributed by atoms with E-state index in [0.717, 1.165) is 30.0 Å². The number of nitrogens with zero attached hydrogens (tertiary/aromatic N) is 3. The molecule has 0 amide bonds. The van der Waals surface area contributed by atoms with Crippen LogP contribution in [0, 0.1) is 25.1 Å². The second-order valence-corrected chi connectivity index (χ2v) is 8.82. The zero-order valence-electron chi connectivity index (χ0n) is 17.0. The number of aromatic nitrogens is 2. The maximum Gasteiger partial charge on any atom is 0.123 e. The van der Waals surface area contributed by atoms with Gasteiger partial charge >= 0.3 is 0 Å². The first-order valence-electron chi connectivity index (χ1n) is 10.3. The zero-order valence-corrected chi connectivity index (χ0v) is 17.0. The van der Waals surface area contributed by atoms with E-state index in [1.165, 1.54) is 41.9 Å². The van der Waals surface area contributed by atoms with Crippen LogP contribution < -0.4 is 0 Å². The van der Waals surface area contributed by atoms with Gasteiger partial charge in [0, 0.05) is 35.8 Å². The molecule has 3 nitrogen and oxygen atoms in total. The molecule has 1 spiro atoms. The molecule has 1 aliphatic heterocycles. The van der Waals surface area contributed by atoms with E-state index in [9.17, 15) is 4.39 Å². The molecular formula is C25H26FN3. The SMILES string of the molecule is C=C(c1ccc(F)cc1)N1CC2(CC(c3cc(C)nn3-c3ccccc3C)C2)C1. The van der Waals surface area contributed by atoms with E-state index in [0.29, 0.717) is 11.3 Å². The Kier molecular flexibility index (Phi) is 4.12. The predicted octanol–water partition coefficient (Wildman–Crippen LogP) is 5.48. The molecule has 2 fully saturated rings. The summed E-state index contributed by atoms with van der Waals surface area (Å²) in [6, 6.07) is 17.3. The van der Waals surface area contributed by atoms with Gasteiger partial charge < -0.3 is 4.90 Å². The van der Waals surface area contributed by atoms with Crippen LogP contribution in [0.5, 0.6) is 0 Å². The summed E-state index contributed by atoms with van der Waals surface area (Å²) in [5.74, 6) is 0.348. The number of halogens is 1. The monoisotopic (exact) mass is 387 g/mol. The van der Waals surface area contributed by atoms with E-state index >= 15 is 0 Å². The highest BCUT2D eigenvalue weighted by molar-refractivity contribution is 5.63. The maximum atomic E-state index is 13.2. The first-order chi connectivity index (χ1) is 13.9. The van der Waals surface area contributed by atoms with E-state index in [2.05, 4.69) is 60.3 Å². The van der Waals surface area contributed by atoms with E-state index in [-0.39, 0.29) is 5.82 Å². The molecule has 2 aromatic carbocycles. The molecular weight excluding hydrogens is 361 g/mol. The minimum Gasteiger partial charge on any atom is -0.370 e. The number of likely N-dealkylation sites (tertiary alicyclic amines) is 1. The van der Waals surface area contributed by atoms with Crippen LogP contribution in [0.3, 0.4) is 0 Å². The van der Waals surface area contributed by atoms with Crippen LogP contribution in [-0.4, -0.2) is 27.8 Å². The first-order valence-corrected chi connectivity index (χ1v) is 10.3. The lowest BCUT2D eigenvalue weighted by Gasteiger charge is -2.60. The molecule has 29 heavy (non-hydrogen) atoms. The molecule has 4 heteroatoms. The van der Waals surface area contributed by atoms with Gasteiger partial charge in [0.05, 0.1) is 11.4 Å². The Morgan fingerprint density at radius 1 is 1.07 bits per heavy atom. The Hall–Kier alpha value is -2.88. The Labute approximate surface area is 171 Å². The van der Waals surface area contributed by atoms with E-state index in [4.69, 9.17) is 5.10 Å². The van der Waals surface area contributed by atoms with Gasteiger partial charge in [-0.1, -0.05) is 36.9 Å². The lowest BCUT2D eigenvalue weighted by Crippen LogP contribution is -2.60. The van der Waals surface area contributed by atoms with Gasteiger partial charge in [-0.3, -0.25) is 0 Å². The summed E-state index contributed by atoms with van der Waals surface area (Å²) in [4.78, 5) is 2.33. The summed E-state index contributed by atoms with van der Waals surface area (Å²) in [6.45, 7) is 10.5. The van der Waals surface area contributed by atoms with Gasteiger partial charge in [-0.2, -0.15) is 5.10 Å². The van der Waals surface area contributed by atoms with Gasteiger partial charge in [0.1, 0.15) is 5.82 Å². The van der Waals surface area contributed by atoms with Gasteiger partial charge in [0.2, 0.25) is 0 Å². The minimum atomic E-state index is -0.205. The molecule has 1 saturated carbocycles. The van der Waals surface area contributed by atoms with Crippen LogP contribution in [0.15, 0.2) is 61.2 Å². The molecule has 0 N–H and O–H groups in total. The molecule has 3 aromatic rings.